The molecule has 198 valence electrons. The number of carbonyl (C=O) groups is 2. The number of ether oxygens (including phenoxy) is 2. The van der Waals surface area contributed by atoms with E-state index in [9.17, 15) is 9.59 Å². The molecule has 2 amide bonds. The first-order valence-corrected chi connectivity index (χ1v) is 14.2. The van der Waals surface area contributed by atoms with Crippen LogP contribution in [0, 0.1) is 6.92 Å². The summed E-state index contributed by atoms with van der Waals surface area (Å²) < 4.78 is 10.8. The molecule has 0 saturated carbocycles. The van der Waals surface area contributed by atoms with Crippen LogP contribution in [-0.2, 0) is 11.2 Å². The molecular weight excluding hydrogens is 498 g/mol. The van der Waals surface area contributed by atoms with Crippen LogP contribution in [0.4, 0.5) is 0 Å². The van der Waals surface area contributed by atoms with Crippen LogP contribution in [0.1, 0.15) is 51.3 Å². The first-order chi connectivity index (χ1) is 18.5. The molecule has 4 heterocycles. The zero-order valence-corrected chi connectivity index (χ0v) is 22.7. The van der Waals surface area contributed by atoms with Crippen molar-refractivity contribution in [2.45, 2.75) is 38.8 Å². The van der Waals surface area contributed by atoms with Crippen molar-refractivity contribution >= 4 is 23.2 Å². The number of hydrogen-bond donors (Lipinski definition) is 0. The average Bonchev–Trinajstić information content (AvgIpc) is 3.55. The Balaban J connectivity index is 1.17. The minimum absolute atomic E-state index is 0.0359. The van der Waals surface area contributed by atoms with E-state index in [1.807, 2.05) is 28.1 Å². The Kier molecular flexibility index (Phi) is 6.84. The van der Waals surface area contributed by atoms with E-state index in [4.69, 9.17) is 9.47 Å². The van der Waals surface area contributed by atoms with Crippen LogP contribution in [0.3, 0.4) is 0 Å². The van der Waals surface area contributed by atoms with Gasteiger partial charge in [-0.15, -0.1) is 11.3 Å². The minimum atomic E-state index is -0.260. The molecule has 0 aliphatic carbocycles. The van der Waals surface area contributed by atoms with Gasteiger partial charge in [0.1, 0.15) is 0 Å². The molecule has 1 aromatic heterocycles. The zero-order chi connectivity index (χ0) is 26.2. The van der Waals surface area contributed by atoms with Crippen molar-refractivity contribution < 1.29 is 19.1 Å². The predicted octanol–water partition coefficient (Wildman–Crippen LogP) is 4.50. The normalized spacial score (nSPS) is 20.1. The summed E-state index contributed by atoms with van der Waals surface area (Å²) in [6.07, 6.45) is 1.72. The van der Waals surface area contributed by atoms with E-state index in [1.165, 1.54) is 21.6 Å². The Bertz CT molecular complexity index is 1350. The Labute approximate surface area is 227 Å². The van der Waals surface area contributed by atoms with Crippen LogP contribution >= 0.6 is 11.3 Å². The molecule has 0 unspecified atom stereocenters. The summed E-state index contributed by atoms with van der Waals surface area (Å²) in [5, 5.41) is 2.17. The molecule has 1 fully saturated rings. The largest absolute Gasteiger partial charge is 0.454 e. The van der Waals surface area contributed by atoms with E-state index < -0.39 is 0 Å². The highest BCUT2D eigenvalue weighted by Gasteiger charge is 2.37. The maximum Gasteiger partial charge on any atom is 0.254 e. The molecule has 0 spiro atoms. The van der Waals surface area contributed by atoms with Crippen LogP contribution in [0.2, 0.25) is 0 Å². The second-order valence-corrected chi connectivity index (χ2v) is 11.3. The number of rotatable bonds is 4. The van der Waals surface area contributed by atoms with E-state index in [2.05, 4.69) is 47.5 Å². The van der Waals surface area contributed by atoms with Crippen molar-refractivity contribution in [3.05, 3.63) is 81.0 Å². The number of aryl methyl sites for hydroxylation is 1. The lowest BCUT2D eigenvalue weighted by Gasteiger charge is -2.41. The summed E-state index contributed by atoms with van der Waals surface area (Å²) in [6, 6.07) is 15.9. The molecular formula is C30H33N3O4S. The quantitative estimate of drug-likeness (QED) is 0.496. The predicted molar refractivity (Wildman–Crippen MR) is 147 cm³/mol. The van der Waals surface area contributed by atoms with Crippen LogP contribution < -0.4 is 9.47 Å². The molecule has 7 nitrogen and oxygen atoms in total. The maximum absolute atomic E-state index is 13.9. The summed E-state index contributed by atoms with van der Waals surface area (Å²) in [5.41, 5.74) is 4.42. The van der Waals surface area contributed by atoms with Gasteiger partial charge in [0.25, 0.3) is 5.91 Å². The fourth-order valence-corrected chi connectivity index (χ4v) is 6.86. The third kappa shape index (κ3) is 4.56. The van der Waals surface area contributed by atoms with Gasteiger partial charge in [-0.25, -0.2) is 0 Å². The lowest BCUT2D eigenvalue weighted by atomic mass is 9.89. The molecule has 0 bridgehead atoms. The number of benzene rings is 2. The SMILES string of the molecule is Cc1ccccc1[C@H]1c2ccsc2CCN1[C@H](C)C(=O)N1CCCN(C(=O)c2ccc3c(c2)OCO3)CC1. The average molecular weight is 532 g/mol. The second-order valence-electron chi connectivity index (χ2n) is 10.3. The van der Waals surface area contributed by atoms with Gasteiger partial charge in [0.15, 0.2) is 11.5 Å². The van der Waals surface area contributed by atoms with Crippen molar-refractivity contribution in [3.8, 4) is 11.5 Å². The summed E-state index contributed by atoms with van der Waals surface area (Å²) in [5.74, 6) is 1.38. The van der Waals surface area contributed by atoms with Gasteiger partial charge in [0, 0.05) is 43.2 Å². The number of carbonyl (C=O) groups excluding carboxylic acids is 2. The molecule has 6 rings (SSSR count). The second kappa shape index (κ2) is 10.4. The summed E-state index contributed by atoms with van der Waals surface area (Å²) in [7, 11) is 0. The Morgan fingerprint density at radius 3 is 2.58 bits per heavy atom. The standard InChI is InChI=1S/C30H33N3O4S/c1-20-6-3-4-7-23(20)28-24-11-17-38-27(24)10-14-33(28)21(2)29(34)31-12-5-13-32(16-15-31)30(35)22-8-9-25-26(18-22)37-19-36-25/h3-4,6-9,11,17-18,21,28H,5,10,12-16,19H2,1-2H3/t21-,28+/m1/s1. The van der Waals surface area contributed by atoms with Crippen LogP contribution in [0.5, 0.6) is 11.5 Å². The minimum Gasteiger partial charge on any atom is -0.454 e. The van der Waals surface area contributed by atoms with Gasteiger partial charge in [0.2, 0.25) is 12.7 Å². The lowest BCUT2D eigenvalue weighted by molar-refractivity contribution is -0.137. The van der Waals surface area contributed by atoms with Gasteiger partial charge in [-0.05, 0) is 73.0 Å². The van der Waals surface area contributed by atoms with E-state index in [0.717, 1.165) is 19.4 Å². The highest BCUT2D eigenvalue weighted by atomic mass is 32.1. The van der Waals surface area contributed by atoms with Crippen molar-refractivity contribution in [1.82, 2.24) is 14.7 Å². The lowest BCUT2D eigenvalue weighted by Crippen LogP contribution is -2.51. The highest BCUT2D eigenvalue weighted by molar-refractivity contribution is 7.10. The molecule has 2 atom stereocenters. The Morgan fingerprint density at radius 2 is 1.71 bits per heavy atom. The molecule has 1 saturated heterocycles. The van der Waals surface area contributed by atoms with Crippen molar-refractivity contribution in [2.24, 2.45) is 0 Å². The van der Waals surface area contributed by atoms with Gasteiger partial charge in [-0.3, -0.25) is 14.5 Å². The van der Waals surface area contributed by atoms with Gasteiger partial charge in [-0.1, -0.05) is 24.3 Å². The van der Waals surface area contributed by atoms with Gasteiger partial charge >= 0.3 is 0 Å². The van der Waals surface area contributed by atoms with Crippen molar-refractivity contribution in [3.63, 3.8) is 0 Å². The van der Waals surface area contributed by atoms with Crippen molar-refractivity contribution in [1.29, 1.82) is 0 Å². The summed E-state index contributed by atoms with van der Waals surface area (Å²) >= 11 is 1.82. The maximum atomic E-state index is 13.9. The third-order valence-electron chi connectivity index (χ3n) is 8.06. The number of nitrogens with zero attached hydrogens (tertiary/aromatic N) is 3. The first kappa shape index (κ1) is 24.9. The van der Waals surface area contributed by atoms with Crippen LogP contribution in [0.25, 0.3) is 0 Å². The fourth-order valence-electron chi connectivity index (χ4n) is 5.95. The molecule has 38 heavy (non-hydrogen) atoms. The molecule has 0 radical (unpaired) electrons. The number of thiophene rings is 1. The van der Waals surface area contributed by atoms with Crippen LogP contribution in [-0.4, -0.2) is 72.1 Å². The van der Waals surface area contributed by atoms with E-state index in [-0.39, 0.29) is 30.7 Å². The molecule has 0 N–H and O–H groups in total. The van der Waals surface area contributed by atoms with E-state index in [1.54, 1.807) is 18.2 Å². The molecule has 3 aromatic rings. The van der Waals surface area contributed by atoms with Crippen molar-refractivity contribution in [2.75, 3.05) is 39.5 Å². The molecule has 3 aliphatic rings. The summed E-state index contributed by atoms with van der Waals surface area (Å²) in [6.45, 7) is 7.56. The van der Waals surface area contributed by atoms with E-state index in [0.29, 0.717) is 43.2 Å². The number of fused-ring (bicyclic) bond motifs is 2. The van der Waals surface area contributed by atoms with Crippen LogP contribution in [0.15, 0.2) is 53.9 Å². The zero-order valence-electron chi connectivity index (χ0n) is 21.9. The Hall–Kier alpha value is -3.36. The van der Waals surface area contributed by atoms with Gasteiger partial charge < -0.3 is 19.3 Å². The monoisotopic (exact) mass is 531 g/mol. The molecule has 8 heteroatoms. The Morgan fingerprint density at radius 1 is 0.921 bits per heavy atom. The topological polar surface area (TPSA) is 62.3 Å². The van der Waals surface area contributed by atoms with Gasteiger partial charge in [0.05, 0.1) is 12.1 Å². The highest BCUT2D eigenvalue weighted by Crippen LogP contribution is 2.40. The number of amides is 2. The number of hydrogen-bond acceptors (Lipinski definition) is 6. The summed E-state index contributed by atoms with van der Waals surface area (Å²) in [4.78, 5) is 34.7. The molecule has 3 aliphatic heterocycles. The third-order valence-corrected chi connectivity index (χ3v) is 9.05. The molecule has 2 aromatic carbocycles. The smallest absolute Gasteiger partial charge is 0.254 e. The fraction of sp³-hybridized carbons (Fsp3) is 0.400. The van der Waals surface area contributed by atoms with E-state index >= 15 is 0 Å². The first-order valence-electron chi connectivity index (χ1n) is 13.4. The van der Waals surface area contributed by atoms with Gasteiger partial charge in [-0.2, -0.15) is 0 Å².